The van der Waals surface area contributed by atoms with E-state index in [1.165, 1.54) is 12.8 Å². The summed E-state index contributed by atoms with van der Waals surface area (Å²) >= 11 is 0. The largest absolute Gasteiger partial charge is 0.341 e. The highest BCUT2D eigenvalue weighted by atomic mass is 16.2. The van der Waals surface area contributed by atoms with Gasteiger partial charge in [-0.3, -0.25) is 4.79 Å². The topological polar surface area (TPSA) is 46.3 Å². The molecule has 0 heterocycles. The van der Waals surface area contributed by atoms with Gasteiger partial charge in [-0.25, -0.2) is 0 Å². The first-order valence-electron chi connectivity index (χ1n) is 5.19. The molecule has 0 bridgehead atoms. The van der Waals surface area contributed by atoms with Gasteiger partial charge in [0.1, 0.15) is 0 Å². The number of hydrogen-bond donors (Lipinski definition) is 1. The number of carbonyl (C=O) groups excluding carboxylic acids is 1. The fraction of sp³-hybridized carbons (Fsp3) is 0.900. The Labute approximate surface area is 80.3 Å². The third-order valence-corrected chi connectivity index (χ3v) is 2.37. The third kappa shape index (κ3) is 3.35. The maximum absolute atomic E-state index is 11.6. The summed E-state index contributed by atoms with van der Waals surface area (Å²) in [6.45, 7) is 5.64. The molecule has 0 aromatic rings. The Morgan fingerprint density at radius 2 is 2.23 bits per heavy atom. The Bertz CT molecular complexity index is 176. The zero-order valence-electron chi connectivity index (χ0n) is 8.62. The van der Waals surface area contributed by atoms with Gasteiger partial charge in [-0.1, -0.05) is 6.92 Å². The highest BCUT2D eigenvalue weighted by Crippen LogP contribution is 2.29. The van der Waals surface area contributed by atoms with E-state index in [-0.39, 0.29) is 11.9 Å². The molecule has 3 heteroatoms. The Kier molecular flexibility index (Phi) is 3.72. The lowest BCUT2D eigenvalue weighted by atomic mass is 10.2. The average Bonchev–Trinajstić information content (AvgIpc) is 2.86. The van der Waals surface area contributed by atoms with Crippen molar-refractivity contribution in [2.45, 2.75) is 39.2 Å². The Morgan fingerprint density at radius 1 is 1.62 bits per heavy atom. The molecule has 0 aliphatic heterocycles. The van der Waals surface area contributed by atoms with E-state index in [1.54, 1.807) is 6.92 Å². The highest BCUT2D eigenvalue weighted by Gasteiger charge is 2.27. The number of nitrogens with zero attached hydrogens (tertiary/aromatic N) is 1. The molecule has 1 rings (SSSR count). The number of amides is 1. The summed E-state index contributed by atoms with van der Waals surface area (Å²) in [7, 11) is 0. The van der Waals surface area contributed by atoms with Crippen LogP contribution in [0.4, 0.5) is 0 Å². The summed E-state index contributed by atoms with van der Waals surface area (Å²) in [5.41, 5.74) is 5.57. The molecule has 1 aliphatic carbocycles. The first-order valence-corrected chi connectivity index (χ1v) is 5.19. The van der Waals surface area contributed by atoms with E-state index in [2.05, 4.69) is 6.92 Å². The normalized spacial score (nSPS) is 18.4. The molecule has 1 fully saturated rings. The van der Waals surface area contributed by atoms with Gasteiger partial charge in [0.2, 0.25) is 5.91 Å². The van der Waals surface area contributed by atoms with Gasteiger partial charge in [0.25, 0.3) is 0 Å². The molecule has 3 nitrogen and oxygen atoms in total. The third-order valence-electron chi connectivity index (χ3n) is 2.37. The molecule has 1 atom stereocenters. The van der Waals surface area contributed by atoms with E-state index in [1.807, 2.05) is 4.90 Å². The Morgan fingerprint density at radius 3 is 2.62 bits per heavy atom. The van der Waals surface area contributed by atoms with Crippen molar-refractivity contribution in [2.24, 2.45) is 11.7 Å². The molecule has 2 N–H and O–H groups in total. The zero-order valence-corrected chi connectivity index (χ0v) is 8.62. The van der Waals surface area contributed by atoms with Crippen molar-refractivity contribution in [3.63, 3.8) is 0 Å². The number of nitrogens with two attached hydrogens (primary N) is 1. The van der Waals surface area contributed by atoms with Crippen LogP contribution in [0.15, 0.2) is 0 Å². The fourth-order valence-corrected chi connectivity index (χ4v) is 1.46. The lowest BCUT2D eigenvalue weighted by Crippen LogP contribution is -2.43. The maximum Gasteiger partial charge on any atom is 0.239 e. The number of hydrogen-bond acceptors (Lipinski definition) is 2. The van der Waals surface area contributed by atoms with Crippen molar-refractivity contribution in [1.29, 1.82) is 0 Å². The molecular formula is C10H20N2O. The fourth-order valence-electron chi connectivity index (χ4n) is 1.46. The van der Waals surface area contributed by atoms with Gasteiger partial charge in [0.05, 0.1) is 6.04 Å². The van der Waals surface area contributed by atoms with E-state index >= 15 is 0 Å². The average molecular weight is 184 g/mol. The van der Waals surface area contributed by atoms with E-state index in [0.717, 1.165) is 25.4 Å². The molecule has 0 spiro atoms. The van der Waals surface area contributed by atoms with Gasteiger partial charge in [-0.2, -0.15) is 0 Å². The van der Waals surface area contributed by atoms with Crippen LogP contribution in [0.5, 0.6) is 0 Å². The van der Waals surface area contributed by atoms with Crippen LogP contribution in [0.1, 0.15) is 33.1 Å². The van der Waals surface area contributed by atoms with Crippen LogP contribution in [0.25, 0.3) is 0 Å². The quantitative estimate of drug-likeness (QED) is 0.692. The molecule has 1 amide bonds. The van der Waals surface area contributed by atoms with E-state index < -0.39 is 0 Å². The van der Waals surface area contributed by atoms with Crippen LogP contribution in [0.2, 0.25) is 0 Å². The molecule has 0 aromatic heterocycles. The minimum absolute atomic E-state index is 0.105. The summed E-state index contributed by atoms with van der Waals surface area (Å²) in [4.78, 5) is 13.5. The van der Waals surface area contributed by atoms with Crippen LogP contribution < -0.4 is 5.73 Å². The zero-order chi connectivity index (χ0) is 9.84. The van der Waals surface area contributed by atoms with Crippen molar-refractivity contribution in [1.82, 2.24) is 4.90 Å². The molecule has 13 heavy (non-hydrogen) atoms. The summed E-state index contributed by atoms with van der Waals surface area (Å²) in [5, 5.41) is 0. The molecule has 0 saturated heterocycles. The van der Waals surface area contributed by atoms with Crippen molar-refractivity contribution in [3.05, 3.63) is 0 Å². The van der Waals surface area contributed by atoms with E-state index in [4.69, 9.17) is 5.73 Å². The number of rotatable bonds is 5. The van der Waals surface area contributed by atoms with Gasteiger partial charge in [0, 0.05) is 13.1 Å². The SMILES string of the molecule is CCCN(CC1CC1)C(=O)[C@H](C)N. The van der Waals surface area contributed by atoms with Gasteiger partial charge in [-0.15, -0.1) is 0 Å². The predicted octanol–water partition coefficient (Wildman–Crippen LogP) is 0.982. The predicted molar refractivity (Wildman–Crippen MR) is 53.2 cm³/mol. The van der Waals surface area contributed by atoms with Crippen LogP contribution >= 0.6 is 0 Å². The summed E-state index contributed by atoms with van der Waals surface area (Å²) in [6, 6.07) is -0.342. The minimum atomic E-state index is -0.342. The second-order valence-electron chi connectivity index (χ2n) is 4.02. The van der Waals surface area contributed by atoms with Gasteiger partial charge in [0.15, 0.2) is 0 Å². The van der Waals surface area contributed by atoms with Crippen LogP contribution in [0.3, 0.4) is 0 Å². The Balaban J connectivity index is 2.39. The minimum Gasteiger partial charge on any atom is -0.341 e. The first kappa shape index (κ1) is 10.5. The monoisotopic (exact) mass is 184 g/mol. The van der Waals surface area contributed by atoms with Crippen molar-refractivity contribution in [3.8, 4) is 0 Å². The second-order valence-corrected chi connectivity index (χ2v) is 4.02. The van der Waals surface area contributed by atoms with Crippen LogP contribution in [-0.2, 0) is 4.79 Å². The summed E-state index contributed by atoms with van der Waals surface area (Å²) < 4.78 is 0. The maximum atomic E-state index is 11.6. The number of carbonyl (C=O) groups is 1. The molecule has 0 unspecified atom stereocenters. The smallest absolute Gasteiger partial charge is 0.239 e. The Hall–Kier alpha value is -0.570. The molecule has 0 aromatic carbocycles. The summed E-state index contributed by atoms with van der Waals surface area (Å²) in [6.07, 6.45) is 3.59. The first-order chi connectivity index (χ1) is 6.15. The van der Waals surface area contributed by atoms with Crippen LogP contribution in [0, 0.1) is 5.92 Å². The summed E-state index contributed by atoms with van der Waals surface area (Å²) in [5.74, 6) is 0.864. The lowest BCUT2D eigenvalue weighted by molar-refractivity contribution is -0.132. The van der Waals surface area contributed by atoms with E-state index in [9.17, 15) is 4.79 Å². The van der Waals surface area contributed by atoms with Gasteiger partial charge < -0.3 is 10.6 Å². The van der Waals surface area contributed by atoms with Gasteiger partial charge >= 0.3 is 0 Å². The molecule has 0 radical (unpaired) electrons. The van der Waals surface area contributed by atoms with Crippen LogP contribution in [-0.4, -0.2) is 29.9 Å². The molecule has 76 valence electrons. The molecule has 1 saturated carbocycles. The standard InChI is InChI=1S/C10H20N2O/c1-3-6-12(7-9-4-5-9)10(13)8(2)11/h8-9H,3-7,11H2,1-2H3/t8-/m0/s1. The molecule has 1 aliphatic rings. The van der Waals surface area contributed by atoms with Gasteiger partial charge in [-0.05, 0) is 32.1 Å². The highest BCUT2D eigenvalue weighted by molar-refractivity contribution is 5.81. The van der Waals surface area contributed by atoms with E-state index in [0.29, 0.717) is 0 Å². The molecular weight excluding hydrogens is 164 g/mol. The lowest BCUT2D eigenvalue weighted by Gasteiger charge is -2.23. The van der Waals surface area contributed by atoms with Crippen molar-refractivity contribution in [2.75, 3.05) is 13.1 Å². The second kappa shape index (κ2) is 4.61. The van der Waals surface area contributed by atoms with Crippen molar-refractivity contribution < 1.29 is 4.79 Å². The van der Waals surface area contributed by atoms with Crippen molar-refractivity contribution >= 4 is 5.91 Å².